The Labute approximate surface area is 99.8 Å². The summed E-state index contributed by atoms with van der Waals surface area (Å²) in [6.07, 6.45) is 12.7. The molecular formula is C14H25Cl. The van der Waals surface area contributed by atoms with Crippen molar-refractivity contribution in [2.24, 2.45) is 17.8 Å². The number of halogens is 1. The second-order valence-corrected chi connectivity index (χ2v) is 6.40. The second-order valence-electron chi connectivity index (χ2n) is 5.84. The highest BCUT2D eigenvalue weighted by Gasteiger charge is 2.31. The number of hydrogen-bond acceptors (Lipinski definition) is 0. The zero-order valence-corrected chi connectivity index (χ0v) is 10.8. The molecule has 1 heteroatoms. The minimum absolute atomic E-state index is 0.492. The summed E-state index contributed by atoms with van der Waals surface area (Å²) >= 11 is 6.56. The third kappa shape index (κ3) is 3.12. The molecule has 0 aromatic carbocycles. The van der Waals surface area contributed by atoms with E-state index in [1.807, 2.05) is 0 Å². The fraction of sp³-hybridized carbons (Fsp3) is 1.00. The van der Waals surface area contributed by atoms with Crippen molar-refractivity contribution >= 4 is 11.6 Å². The van der Waals surface area contributed by atoms with Crippen LogP contribution in [0.25, 0.3) is 0 Å². The van der Waals surface area contributed by atoms with E-state index in [0.717, 1.165) is 17.8 Å². The molecule has 0 N–H and O–H groups in total. The monoisotopic (exact) mass is 228 g/mol. The van der Waals surface area contributed by atoms with E-state index in [4.69, 9.17) is 11.6 Å². The molecular weight excluding hydrogens is 204 g/mol. The minimum atomic E-state index is 0.492. The van der Waals surface area contributed by atoms with Crippen molar-refractivity contribution in [1.82, 2.24) is 0 Å². The molecule has 88 valence electrons. The van der Waals surface area contributed by atoms with Gasteiger partial charge in [0.1, 0.15) is 0 Å². The van der Waals surface area contributed by atoms with Crippen LogP contribution >= 0.6 is 11.6 Å². The summed E-state index contributed by atoms with van der Waals surface area (Å²) in [4.78, 5) is 0. The Kier molecular flexibility index (Phi) is 4.37. The molecule has 0 bridgehead atoms. The first kappa shape index (κ1) is 11.8. The SMILES string of the molecule is CC1CCC(C2CCCCCC2Cl)CC1. The lowest BCUT2D eigenvalue weighted by Crippen LogP contribution is -2.26. The highest BCUT2D eigenvalue weighted by Crippen LogP contribution is 2.40. The summed E-state index contributed by atoms with van der Waals surface area (Å²) in [5.74, 6) is 2.78. The molecule has 0 heterocycles. The van der Waals surface area contributed by atoms with E-state index in [1.165, 1.54) is 57.8 Å². The van der Waals surface area contributed by atoms with Crippen LogP contribution in [0.3, 0.4) is 0 Å². The molecule has 2 aliphatic rings. The van der Waals surface area contributed by atoms with Gasteiger partial charge in [-0.3, -0.25) is 0 Å². The van der Waals surface area contributed by atoms with E-state index in [-0.39, 0.29) is 0 Å². The average Bonchev–Trinajstić information content (AvgIpc) is 2.44. The van der Waals surface area contributed by atoms with E-state index >= 15 is 0 Å². The molecule has 15 heavy (non-hydrogen) atoms. The highest BCUT2D eigenvalue weighted by molar-refractivity contribution is 6.20. The zero-order valence-electron chi connectivity index (χ0n) is 10.1. The summed E-state index contributed by atoms with van der Waals surface area (Å²) < 4.78 is 0. The van der Waals surface area contributed by atoms with Crippen molar-refractivity contribution < 1.29 is 0 Å². The molecule has 2 aliphatic carbocycles. The van der Waals surface area contributed by atoms with Gasteiger partial charge in [-0.1, -0.05) is 39.0 Å². The quantitative estimate of drug-likeness (QED) is 0.438. The van der Waals surface area contributed by atoms with Gasteiger partial charge in [0.25, 0.3) is 0 Å². The molecule has 2 atom stereocenters. The third-order valence-corrected chi connectivity index (χ3v) is 5.19. The van der Waals surface area contributed by atoms with Crippen molar-refractivity contribution in [3.05, 3.63) is 0 Å². The molecule has 2 fully saturated rings. The Bertz CT molecular complexity index is 182. The van der Waals surface area contributed by atoms with Gasteiger partial charge < -0.3 is 0 Å². The highest BCUT2D eigenvalue weighted by atomic mass is 35.5. The molecule has 0 radical (unpaired) electrons. The topological polar surface area (TPSA) is 0 Å². The van der Waals surface area contributed by atoms with Crippen LogP contribution in [0.1, 0.15) is 64.7 Å². The predicted octanol–water partition coefficient (Wildman–Crippen LogP) is 5.00. The van der Waals surface area contributed by atoms with Gasteiger partial charge in [0.2, 0.25) is 0 Å². The first-order valence-corrected chi connectivity index (χ1v) is 7.35. The minimum Gasteiger partial charge on any atom is -0.123 e. The van der Waals surface area contributed by atoms with E-state index < -0.39 is 0 Å². The fourth-order valence-corrected chi connectivity index (χ4v) is 4.02. The molecule has 2 saturated carbocycles. The second kappa shape index (κ2) is 5.57. The van der Waals surface area contributed by atoms with Gasteiger partial charge in [-0.25, -0.2) is 0 Å². The van der Waals surface area contributed by atoms with Crippen LogP contribution < -0.4 is 0 Å². The van der Waals surface area contributed by atoms with Crippen LogP contribution in [0, 0.1) is 17.8 Å². The van der Waals surface area contributed by atoms with Gasteiger partial charge in [0.05, 0.1) is 0 Å². The molecule has 0 aliphatic heterocycles. The van der Waals surface area contributed by atoms with Gasteiger partial charge in [0.15, 0.2) is 0 Å². The molecule has 0 nitrogen and oxygen atoms in total. The van der Waals surface area contributed by atoms with Gasteiger partial charge in [-0.15, -0.1) is 11.6 Å². The van der Waals surface area contributed by atoms with Gasteiger partial charge in [0, 0.05) is 5.38 Å². The average molecular weight is 229 g/mol. The molecule has 0 spiro atoms. The van der Waals surface area contributed by atoms with Crippen LogP contribution in [0.15, 0.2) is 0 Å². The summed E-state index contributed by atoms with van der Waals surface area (Å²) in [6.45, 7) is 2.40. The van der Waals surface area contributed by atoms with Crippen molar-refractivity contribution in [1.29, 1.82) is 0 Å². The first-order chi connectivity index (χ1) is 7.27. The van der Waals surface area contributed by atoms with Crippen molar-refractivity contribution in [3.8, 4) is 0 Å². The number of hydrogen-bond donors (Lipinski definition) is 0. The van der Waals surface area contributed by atoms with E-state index in [2.05, 4.69) is 6.92 Å². The standard InChI is InChI=1S/C14H25Cl/c1-11-7-9-12(10-8-11)13-5-3-2-4-6-14(13)15/h11-14H,2-10H2,1H3. The van der Waals surface area contributed by atoms with Gasteiger partial charge in [-0.05, 0) is 43.4 Å². The third-order valence-electron chi connectivity index (χ3n) is 4.65. The van der Waals surface area contributed by atoms with Gasteiger partial charge in [-0.2, -0.15) is 0 Å². The summed E-state index contributed by atoms with van der Waals surface area (Å²) in [5, 5.41) is 0.492. The van der Waals surface area contributed by atoms with E-state index in [0.29, 0.717) is 5.38 Å². The normalized spacial score (nSPS) is 43.6. The maximum absolute atomic E-state index is 6.56. The Balaban J connectivity index is 1.89. The molecule has 0 saturated heterocycles. The van der Waals surface area contributed by atoms with Crippen LogP contribution in [-0.2, 0) is 0 Å². The number of rotatable bonds is 1. The van der Waals surface area contributed by atoms with Crippen LogP contribution in [-0.4, -0.2) is 5.38 Å². The van der Waals surface area contributed by atoms with Crippen molar-refractivity contribution in [2.75, 3.05) is 0 Å². The Hall–Kier alpha value is 0.290. The van der Waals surface area contributed by atoms with E-state index in [1.54, 1.807) is 0 Å². The van der Waals surface area contributed by atoms with Crippen molar-refractivity contribution in [3.63, 3.8) is 0 Å². The lowest BCUT2D eigenvalue weighted by atomic mass is 9.74. The molecule has 0 amide bonds. The zero-order chi connectivity index (χ0) is 10.7. The molecule has 0 aromatic heterocycles. The van der Waals surface area contributed by atoms with Gasteiger partial charge >= 0.3 is 0 Å². The van der Waals surface area contributed by atoms with E-state index in [9.17, 15) is 0 Å². The van der Waals surface area contributed by atoms with Crippen molar-refractivity contribution in [2.45, 2.75) is 70.1 Å². The van der Waals surface area contributed by atoms with Crippen LogP contribution in [0.2, 0.25) is 0 Å². The summed E-state index contributed by atoms with van der Waals surface area (Å²) in [6, 6.07) is 0. The van der Waals surface area contributed by atoms with Crippen LogP contribution in [0.4, 0.5) is 0 Å². The lowest BCUT2D eigenvalue weighted by molar-refractivity contribution is 0.199. The van der Waals surface area contributed by atoms with Crippen LogP contribution in [0.5, 0.6) is 0 Å². The Morgan fingerprint density at radius 2 is 1.47 bits per heavy atom. The predicted molar refractivity (Wildman–Crippen MR) is 67.3 cm³/mol. The smallest absolute Gasteiger partial charge is 0.0366 e. The molecule has 2 unspecified atom stereocenters. The Morgan fingerprint density at radius 1 is 0.800 bits per heavy atom. The first-order valence-electron chi connectivity index (χ1n) is 6.91. The summed E-state index contributed by atoms with van der Waals surface area (Å²) in [5.41, 5.74) is 0. The molecule has 2 rings (SSSR count). The summed E-state index contributed by atoms with van der Waals surface area (Å²) in [7, 11) is 0. The number of alkyl halides is 1. The largest absolute Gasteiger partial charge is 0.123 e. The molecule has 0 aromatic rings. The maximum atomic E-state index is 6.56. The Morgan fingerprint density at radius 3 is 2.20 bits per heavy atom. The fourth-order valence-electron chi connectivity index (χ4n) is 3.54. The maximum Gasteiger partial charge on any atom is 0.0366 e. The lowest BCUT2D eigenvalue weighted by Gasteiger charge is -2.34.